The normalized spacial score (nSPS) is 14.7. The van der Waals surface area contributed by atoms with E-state index >= 15 is 0 Å². The Kier molecular flexibility index (Phi) is 5.95. The quantitative estimate of drug-likeness (QED) is 0.714. The number of amides is 1. The highest BCUT2D eigenvalue weighted by Gasteiger charge is 2.26. The maximum atomic E-state index is 11.3. The molecule has 0 bridgehead atoms. The second-order valence-electron chi connectivity index (χ2n) is 4.75. The average Bonchev–Trinajstić information content (AvgIpc) is 2.14. The molecule has 6 nitrogen and oxygen atoms in total. The Balaban J connectivity index is 4.23. The smallest absolute Gasteiger partial charge is 0.407 e. The van der Waals surface area contributed by atoms with Gasteiger partial charge in [0.1, 0.15) is 5.60 Å². The third-order valence-electron chi connectivity index (χ3n) is 1.95. The topological polar surface area (TPSA) is 84.9 Å². The molecule has 0 spiro atoms. The van der Waals surface area contributed by atoms with E-state index in [-0.39, 0.29) is 6.54 Å². The van der Waals surface area contributed by atoms with Crippen LogP contribution < -0.4 is 5.32 Å². The van der Waals surface area contributed by atoms with E-state index in [2.05, 4.69) is 10.1 Å². The molecule has 0 aromatic heterocycles. The first-order valence-corrected chi connectivity index (χ1v) is 5.40. The summed E-state index contributed by atoms with van der Waals surface area (Å²) in [4.78, 5) is 22.6. The molecule has 0 heterocycles. The van der Waals surface area contributed by atoms with Gasteiger partial charge < -0.3 is 19.9 Å². The summed E-state index contributed by atoms with van der Waals surface area (Å²) in [7, 11) is 1.23. The lowest BCUT2D eigenvalue weighted by Crippen LogP contribution is -2.41. The van der Waals surface area contributed by atoms with Crippen LogP contribution in [-0.2, 0) is 14.3 Å². The second-order valence-corrected chi connectivity index (χ2v) is 4.75. The van der Waals surface area contributed by atoms with Gasteiger partial charge in [-0.1, -0.05) is 0 Å². The number of aliphatic hydroxyl groups excluding tert-OH is 1. The fraction of sp³-hybridized carbons (Fsp3) is 0.818. The minimum Gasteiger partial charge on any atom is -0.469 e. The maximum absolute atomic E-state index is 11.3. The highest BCUT2D eigenvalue weighted by Crippen LogP contribution is 2.08. The Labute approximate surface area is 101 Å². The molecule has 100 valence electrons. The van der Waals surface area contributed by atoms with Crippen LogP contribution in [0.4, 0.5) is 4.79 Å². The molecular weight excluding hydrogens is 226 g/mol. The van der Waals surface area contributed by atoms with Gasteiger partial charge in [-0.15, -0.1) is 0 Å². The summed E-state index contributed by atoms with van der Waals surface area (Å²) in [5, 5.41) is 11.8. The van der Waals surface area contributed by atoms with Crippen molar-refractivity contribution >= 4 is 12.1 Å². The summed E-state index contributed by atoms with van der Waals surface area (Å²) in [6.07, 6.45) is -1.54. The van der Waals surface area contributed by atoms with Gasteiger partial charge in [-0.2, -0.15) is 0 Å². The van der Waals surface area contributed by atoms with Crippen LogP contribution in [0.3, 0.4) is 0 Å². The van der Waals surface area contributed by atoms with Gasteiger partial charge in [0.15, 0.2) is 0 Å². The molecule has 0 radical (unpaired) electrons. The third-order valence-corrected chi connectivity index (χ3v) is 1.95. The van der Waals surface area contributed by atoms with Crippen molar-refractivity contribution in [3.8, 4) is 0 Å². The average molecular weight is 247 g/mol. The lowest BCUT2D eigenvalue weighted by atomic mass is 10.0. The zero-order chi connectivity index (χ0) is 13.6. The largest absolute Gasteiger partial charge is 0.469 e. The van der Waals surface area contributed by atoms with Crippen LogP contribution in [-0.4, -0.2) is 42.5 Å². The van der Waals surface area contributed by atoms with E-state index < -0.39 is 29.7 Å². The zero-order valence-corrected chi connectivity index (χ0v) is 10.9. The van der Waals surface area contributed by atoms with Crippen LogP contribution in [0.5, 0.6) is 0 Å². The molecule has 0 saturated heterocycles. The zero-order valence-electron chi connectivity index (χ0n) is 10.9. The fourth-order valence-electron chi connectivity index (χ4n) is 1.11. The number of alkyl carbamates (subject to hydrolysis) is 1. The Morgan fingerprint density at radius 3 is 2.24 bits per heavy atom. The number of hydrogen-bond acceptors (Lipinski definition) is 5. The second kappa shape index (κ2) is 6.44. The standard InChI is InChI=1S/C11H21NO5/c1-7(13)8(9(14)16-5)6-12-10(15)17-11(2,3)4/h7-8,13H,6H2,1-5H3,(H,12,15)/t7-,8+/m1/s1. The predicted molar refractivity (Wildman–Crippen MR) is 61.4 cm³/mol. The molecule has 0 aliphatic heterocycles. The van der Waals surface area contributed by atoms with Gasteiger partial charge >= 0.3 is 12.1 Å². The van der Waals surface area contributed by atoms with Crippen LogP contribution in [0, 0.1) is 5.92 Å². The molecule has 17 heavy (non-hydrogen) atoms. The van der Waals surface area contributed by atoms with E-state index in [4.69, 9.17) is 4.74 Å². The van der Waals surface area contributed by atoms with Crippen molar-refractivity contribution in [3.05, 3.63) is 0 Å². The molecule has 6 heteroatoms. The van der Waals surface area contributed by atoms with Crippen LogP contribution >= 0.6 is 0 Å². The van der Waals surface area contributed by atoms with Gasteiger partial charge in [-0.3, -0.25) is 4.79 Å². The van der Waals surface area contributed by atoms with Crippen molar-refractivity contribution in [1.82, 2.24) is 5.32 Å². The SMILES string of the molecule is COC(=O)[C@@H](CNC(=O)OC(C)(C)C)[C@@H](C)O. The van der Waals surface area contributed by atoms with Gasteiger partial charge in [-0.05, 0) is 27.7 Å². The Morgan fingerprint density at radius 1 is 1.35 bits per heavy atom. The van der Waals surface area contributed by atoms with Crippen LogP contribution in [0.1, 0.15) is 27.7 Å². The summed E-state index contributed by atoms with van der Waals surface area (Å²) in [6, 6.07) is 0. The summed E-state index contributed by atoms with van der Waals surface area (Å²) in [6.45, 7) is 6.63. The van der Waals surface area contributed by atoms with Gasteiger partial charge in [-0.25, -0.2) is 4.79 Å². The van der Waals surface area contributed by atoms with Crippen molar-refractivity contribution in [2.75, 3.05) is 13.7 Å². The molecule has 0 aromatic rings. The molecule has 2 N–H and O–H groups in total. The Hall–Kier alpha value is -1.30. The maximum Gasteiger partial charge on any atom is 0.407 e. The van der Waals surface area contributed by atoms with Gasteiger partial charge in [0, 0.05) is 6.54 Å². The van der Waals surface area contributed by atoms with Crippen LogP contribution in [0.25, 0.3) is 0 Å². The molecule has 0 aliphatic carbocycles. The minimum absolute atomic E-state index is 0.0285. The summed E-state index contributed by atoms with van der Waals surface area (Å²) in [5.41, 5.74) is -0.602. The fourth-order valence-corrected chi connectivity index (χ4v) is 1.11. The van der Waals surface area contributed by atoms with Gasteiger partial charge in [0.2, 0.25) is 0 Å². The number of carbonyl (C=O) groups is 2. The molecular formula is C11H21NO5. The highest BCUT2D eigenvalue weighted by molar-refractivity contribution is 5.74. The van der Waals surface area contributed by atoms with Gasteiger partial charge in [0.05, 0.1) is 19.1 Å². The van der Waals surface area contributed by atoms with Crippen molar-refractivity contribution in [3.63, 3.8) is 0 Å². The predicted octanol–water partition coefficient (Wildman–Crippen LogP) is 0.681. The summed E-state index contributed by atoms with van der Waals surface area (Å²) in [5.74, 6) is -1.37. The molecule has 0 aromatic carbocycles. The van der Waals surface area contributed by atoms with E-state index in [1.54, 1.807) is 20.8 Å². The highest BCUT2D eigenvalue weighted by atomic mass is 16.6. The van der Waals surface area contributed by atoms with Crippen molar-refractivity contribution in [2.45, 2.75) is 39.4 Å². The first-order valence-electron chi connectivity index (χ1n) is 5.40. The number of nitrogens with one attached hydrogen (secondary N) is 1. The minimum atomic E-state index is -0.905. The molecule has 0 unspecified atom stereocenters. The van der Waals surface area contributed by atoms with E-state index in [1.807, 2.05) is 0 Å². The molecule has 0 fully saturated rings. The number of hydrogen-bond donors (Lipinski definition) is 2. The van der Waals surface area contributed by atoms with Crippen LogP contribution in [0.15, 0.2) is 0 Å². The molecule has 0 saturated carbocycles. The lowest BCUT2D eigenvalue weighted by Gasteiger charge is -2.22. The Morgan fingerprint density at radius 2 is 1.88 bits per heavy atom. The first kappa shape index (κ1) is 15.7. The molecule has 0 aliphatic rings. The number of aliphatic hydroxyl groups is 1. The van der Waals surface area contributed by atoms with Crippen molar-refractivity contribution in [2.24, 2.45) is 5.92 Å². The number of carbonyl (C=O) groups excluding carboxylic acids is 2. The monoisotopic (exact) mass is 247 g/mol. The third kappa shape index (κ3) is 6.78. The van der Waals surface area contributed by atoms with Crippen molar-refractivity contribution in [1.29, 1.82) is 0 Å². The first-order chi connectivity index (χ1) is 7.67. The Bertz CT molecular complexity index is 270. The molecule has 2 atom stereocenters. The lowest BCUT2D eigenvalue weighted by molar-refractivity contribution is -0.148. The number of esters is 1. The van der Waals surface area contributed by atoms with Crippen molar-refractivity contribution < 1.29 is 24.2 Å². The number of rotatable bonds is 4. The molecule has 0 rings (SSSR count). The number of ether oxygens (including phenoxy) is 2. The van der Waals surface area contributed by atoms with Gasteiger partial charge in [0.25, 0.3) is 0 Å². The summed E-state index contributed by atoms with van der Waals surface area (Å²) < 4.78 is 9.51. The number of methoxy groups -OCH3 is 1. The van der Waals surface area contributed by atoms with Crippen LogP contribution in [0.2, 0.25) is 0 Å². The molecule has 1 amide bonds. The summed E-state index contributed by atoms with van der Waals surface area (Å²) >= 11 is 0. The van der Waals surface area contributed by atoms with E-state index in [9.17, 15) is 14.7 Å². The van der Waals surface area contributed by atoms with E-state index in [0.29, 0.717) is 0 Å². The van der Waals surface area contributed by atoms with E-state index in [0.717, 1.165) is 0 Å². The van der Waals surface area contributed by atoms with E-state index in [1.165, 1.54) is 14.0 Å².